The van der Waals surface area contributed by atoms with Crippen molar-refractivity contribution in [3.8, 4) is 5.75 Å². The van der Waals surface area contributed by atoms with Crippen LogP contribution in [0, 0.1) is 0 Å². The fraction of sp³-hybridized carbons (Fsp3) is 0.308. The van der Waals surface area contributed by atoms with Gasteiger partial charge in [-0.1, -0.05) is 6.07 Å². The Morgan fingerprint density at radius 3 is 2.71 bits per heavy atom. The fourth-order valence-corrected chi connectivity index (χ4v) is 1.09. The minimum absolute atomic E-state index is 0.00100. The molecule has 0 saturated carbocycles. The number of benzene rings is 1. The molecule has 4 nitrogen and oxygen atoms in total. The SMILES string of the molecule is CC(=N/C=C(\C)C(C)N)Oc1cccc(N)c1. The summed E-state index contributed by atoms with van der Waals surface area (Å²) < 4.78 is 5.51. The van der Waals surface area contributed by atoms with Crippen molar-refractivity contribution in [2.24, 2.45) is 10.7 Å². The molecule has 17 heavy (non-hydrogen) atoms. The van der Waals surface area contributed by atoms with E-state index in [1.807, 2.05) is 26.0 Å². The van der Waals surface area contributed by atoms with Crippen molar-refractivity contribution in [3.05, 3.63) is 36.0 Å². The highest BCUT2D eigenvalue weighted by atomic mass is 16.5. The van der Waals surface area contributed by atoms with Crippen LogP contribution in [-0.2, 0) is 0 Å². The molecule has 0 aromatic heterocycles. The summed E-state index contributed by atoms with van der Waals surface area (Å²) in [6.45, 7) is 5.63. The number of nitrogen functional groups attached to an aromatic ring is 1. The molecule has 1 rings (SSSR count). The third kappa shape index (κ3) is 4.70. The number of aliphatic imine (C=N–C) groups is 1. The molecule has 0 amide bonds. The molecule has 4 N–H and O–H groups in total. The molecule has 1 aromatic carbocycles. The summed E-state index contributed by atoms with van der Waals surface area (Å²) in [5.41, 5.74) is 13.0. The van der Waals surface area contributed by atoms with Crippen LogP contribution in [0.1, 0.15) is 20.8 Å². The van der Waals surface area contributed by atoms with Gasteiger partial charge in [0.05, 0.1) is 0 Å². The molecule has 4 heteroatoms. The Bertz CT molecular complexity index is 436. The van der Waals surface area contributed by atoms with Crippen molar-refractivity contribution in [2.45, 2.75) is 26.8 Å². The van der Waals surface area contributed by atoms with E-state index in [0.717, 1.165) is 5.57 Å². The highest BCUT2D eigenvalue weighted by Crippen LogP contribution is 2.14. The van der Waals surface area contributed by atoms with Crippen LogP contribution < -0.4 is 16.2 Å². The van der Waals surface area contributed by atoms with Crippen molar-refractivity contribution >= 4 is 11.6 Å². The van der Waals surface area contributed by atoms with Crippen LogP contribution in [0.25, 0.3) is 0 Å². The van der Waals surface area contributed by atoms with E-state index in [-0.39, 0.29) is 6.04 Å². The summed E-state index contributed by atoms with van der Waals surface area (Å²) in [7, 11) is 0. The average Bonchev–Trinajstić information content (AvgIpc) is 2.25. The minimum Gasteiger partial charge on any atom is -0.443 e. The van der Waals surface area contributed by atoms with Gasteiger partial charge >= 0.3 is 0 Å². The van der Waals surface area contributed by atoms with Gasteiger partial charge in [-0.3, -0.25) is 0 Å². The van der Waals surface area contributed by atoms with Crippen LogP contribution in [0.4, 0.5) is 5.69 Å². The molecule has 0 bridgehead atoms. The molecule has 0 fully saturated rings. The minimum atomic E-state index is -0.00100. The first-order valence-electron chi connectivity index (χ1n) is 5.49. The van der Waals surface area contributed by atoms with Crippen LogP contribution in [0.5, 0.6) is 5.75 Å². The van der Waals surface area contributed by atoms with Crippen molar-refractivity contribution in [3.63, 3.8) is 0 Å². The van der Waals surface area contributed by atoms with E-state index >= 15 is 0 Å². The number of nitrogens with zero attached hydrogens (tertiary/aromatic N) is 1. The molecule has 0 aliphatic carbocycles. The molecule has 0 spiro atoms. The van der Waals surface area contributed by atoms with E-state index in [0.29, 0.717) is 17.3 Å². The normalized spacial score (nSPS) is 14.6. The third-order valence-corrected chi connectivity index (χ3v) is 2.29. The van der Waals surface area contributed by atoms with Gasteiger partial charge in [0.15, 0.2) is 5.90 Å². The summed E-state index contributed by atoms with van der Waals surface area (Å²) >= 11 is 0. The van der Waals surface area contributed by atoms with Gasteiger partial charge in [0, 0.05) is 30.9 Å². The second-order valence-corrected chi connectivity index (χ2v) is 3.98. The summed E-state index contributed by atoms with van der Waals surface area (Å²) in [6, 6.07) is 7.22. The summed E-state index contributed by atoms with van der Waals surface area (Å²) in [4.78, 5) is 4.18. The monoisotopic (exact) mass is 233 g/mol. The lowest BCUT2D eigenvalue weighted by molar-refractivity contribution is 0.547. The molecule has 1 aromatic rings. The average molecular weight is 233 g/mol. The van der Waals surface area contributed by atoms with Gasteiger partial charge in [0.2, 0.25) is 0 Å². The molecular formula is C13H19N3O. The molecule has 92 valence electrons. The lowest BCUT2D eigenvalue weighted by Gasteiger charge is -2.06. The second kappa shape index (κ2) is 6.06. The van der Waals surface area contributed by atoms with E-state index in [1.54, 1.807) is 25.3 Å². The number of hydrogen-bond acceptors (Lipinski definition) is 4. The van der Waals surface area contributed by atoms with E-state index in [1.165, 1.54) is 0 Å². The van der Waals surface area contributed by atoms with Crippen LogP contribution in [-0.4, -0.2) is 11.9 Å². The summed E-state index contributed by atoms with van der Waals surface area (Å²) in [5, 5.41) is 0. The predicted octanol–water partition coefficient (Wildman–Crippen LogP) is 2.32. The van der Waals surface area contributed by atoms with E-state index in [2.05, 4.69) is 4.99 Å². The van der Waals surface area contributed by atoms with Gasteiger partial charge in [0.25, 0.3) is 0 Å². The number of nitrogens with two attached hydrogens (primary N) is 2. The number of anilines is 1. The molecule has 1 unspecified atom stereocenters. The summed E-state index contributed by atoms with van der Waals surface area (Å²) in [5.74, 6) is 1.23. The first-order chi connectivity index (χ1) is 7.99. The molecule has 0 aliphatic rings. The zero-order valence-corrected chi connectivity index (χ0v) is 10.5. The van der Waals surface area contributed by atoms with E-state index in [4.69, 9.17) is 16.2 Å². The maximum Gasteiger partial charge on any atom is 0.191 e. The molecule has 0 aliphatic heterocycles. The molecular weight excluding hydrogens is 214 g/mol. The van der Waals surface area contributed by atoms with Gasteiger partial charge in [-0.05, 0) is 31.6 Å². The van der Waals surface area contributed by atoms with Crippen molar-refractivity contribution in [1.29, 1.82) is 0 Å². The maximum absolute atomic E-state index is 5.70. The predicted molar refractivity (Wildman–Crippen MR) is 72.0 cm³/mol. The van der Waals surface area contributed by atoms with Gasteiger partial charge in [-0.25, -0.2) is 4.99 Å². The summed E-state index contributed by atoms with van der Waals surface area (Å²) in [6.07, 6.45) is 1.71. The van der Waals surface area contributed by atoms with Crippen molar-refractivity contribution < 1.29 is 4.74 Å². The Morgan fingerprint density at radius 2 is 2.12 bits per heavy atom. The molecule has 0 saturated heterocycles. The maximum atomic E-state index is 5.70. The zero-order chi connectivity index (χ0) is 12.8. The van der Waals surface area contributed by atoms with Gasteiger partial charge in [-0.2, -0.15) is 0 Å². The van der Waals surface area contributed by atoms with E-state index in [9.17, 15) is 0 Å². The zero-order valence-electron chi connectivity index (χ0n) is 10.5. The molecule has 0 heterocycles. The second-order valence-electron chi connectivity index (χ2n) is 3.98. The highest BCUT2D eigenvalue weighted by Gasteiger charge is 1.98. The Morgan fingerprint density at radius 1 is 1.41 bits per heavy atom. The quantitative estimate of drug-likeness (QED) is 0.478. The van der Waals surface area contributed by atoms with Crippen LogP contribution >= 0.6 is 0 Å². The number of ether oxygens (including phenoxy) is 1. The van der Waals surface area contributed by atoms with Crippen molar-refractivity contribution in [2.75, 3.05) is 5.73 Å². The van der Waals surface area contributed by atoms with Crippen LogP contribution in [0.2, 0.25) is 0 Å². The third-order valence-electron chi connectivity index (χ3n) is 2.29. The Hall–Kier alpha value is -1.81. The lowest BCUT2D eigenvalue weighted by atomic mass is 10.2. The fourth-order valence-electron chi connectivity index (χ4n) is 1.09. The Kier molecular flexibility index (Phi) is 4.72. The first kappa shape index (κ1) is 13.3. The van der Waals surface area contributed by atoms with E-state index < -0.39 is 0 Å². The number of hydrogen-bond donors (Lipinski definition) is 2. The van der Waals surface area contributed by atoms with Crippen LogP contribution in [0.3, 0.4) is 0 Å². The largest absolute Gasteiger partial charge is 0.443 e. The Labute approximate surface area is 102 Å². The van der Waals surface area contributed by atoms with Crippen molar-refractivity contribution in [1.82, 2.24) is 0 Å². The smallest absolute Gasteiger partial charge is 0.191 e. The molecule has 0 radical (unpaired) electrons. The lowest BCUT2D eigenvalue weighted by Crippen LogP contribution is -2.15. The standard InChI is InChI=1S/C13H19N3O/c1-9(10(2)14)8-16-11(3)17-13-6-4-5-12(15)7-13/h4-8,10H,14-15H2,1-3H3/b9-8+,16-11?. The molecule has 1 atom stereocenters. The Balaban J connectivity index is 2.69. The highest BCUT2D eigenvalue weighted by molar-refractivity contribution is 5.76. The number of rotatable bonds is 3. The van der Waals surface area contributed by atoms with Gasteiger partial charge in [0.1, 0.15) is 5.75 Å². The topological polar surface area (TPSA) is 73.6 Å². The van der Waals surface area contributed by atoms with Gasteiger partial charge in [-0.15, -0.1) is 0 Å². The van der Waals surface area contributed by atoms with Gasteiger partial charge < -0.3 is 16.2 Å². The van der Waals surface area contributed by atoms with Crippen LogP contribution in [0.15, 0.2) is 41.0 Å². The first-order valence-corrected chi connectivity index (χ1v) is 5.49.